The van der Waals surface area contributed by atoms with Crippen molar-refractivity contribution >= 4 is 5.69 Å². The minimum Gasteiger partial charge on any atom is -0.264 e. The summed E-state index contributed by atoms with van der Waals surface area (Å²) in [5, 5.41) is 0. The van der Waals surface area contributed by atoms with Gasteiger partial charge in [0.15, 0.2) is 5.69 Å². The van der Waals surface area contributed by atoms with E-state index in [1.165, 1.54) is 5.69 Å². The van der Waals surface area contributed by atoms with Crippen LogP contribution in [0.3, 0.4) is 0 Å². The van der Waals surface area contributed by atoms with Gasteiger partial charge in [-0.05, 0) is 0 Å². The summed E-state index contributed by atoms with van der Waals surface area (Å²) in [5.74, 6) is 0. The van der Waals surface area contributed by atoms with Crippen molar-refractivity contribution in [3.63, 3.8) is 0 Å². The summed E-state index contributed by atoms with van der Waals surface area (Å²) in [6.45, 7) is 0. The van der Waals surface area contributed by atoms with Crippen LogP contribution in [0.1, 0.15) is 0 Å². The van der Waals surface area contributed by atoms with Gasteiger partial charge in [0.05, 0.1) is 0 Å². The van der Waals surface area contributed by atoms with E-state index in [0.717, 1.165) is 0 Å². The SMILES string of the molecule is C[N+](C)c1ccncc1. The van der Waals surface area contributed by atoms with Gasteiger partial charge in [-0.3, -0.25) is 4.98 Å². The fraction of sp³-hybridized carbons (Fsp3) is 0.286. The highest BCUT2D eigenvalue weighted by Gasteiger charge is 2.01. The number of hydrogen-bond donors (Lipinski definition) is 0. The molecule has 1 radical (unpaired) electrons. The third-order valence-electron chi connectivity index (χ3n) is 1.18. The molecule has 1 aromatic rings. The van der Waals surface area contributed by atoms with Gasteiger partial charge in [-0.15, -0.1) is 4.90 Å². The van der Waals surface area contributed by atoms with Crippen LogP contribution >= 0.6 is 0 Å². The average molecular weight is 122 g/mol. The molecular formula is C7H10N2+. The van der Waals surface area contributed by atoms with Gasteiger partial charge in [-0.25, -0.2) is 0 Å². The van der Waals surface area contributed by atoms with Crippen LogP contribution in [0.2, 0.25) is 0 Å². The lowest BCUT2D eigenvalue weighted by molar-refractivity contribution is 0.761. The van der Waals surface area contributed by atoms with Crippen LogP contribution in [0, 0.1) is 0 Å². The summed E-state index contributed by atoms with van der Waals surface area (Å²) in [6, 6.07) is 3.94. The molecule has 9 heavy (non-hydrogen) atoms. The Morgan fingerprint density at radius 2 is 1.78 bits per heavy atom. The van der Waals surface area contributed by atoms with Crippen molar-refractivity contribution in [1.82, 2.24) is 9.88 Å². The largest absolute Gasteiger partial charge is 0.264 e. The van der Waals surface area contributed by atoms with Crippen molar-refractivity contribution in [2.24, 2.45) is 0 Å². The second-order valence-electron chi connectivity index (χ2n) is 2.10. The monoisotopic (exact) mass is 122 g/mol. The molecule has 0 bridgehead atoms. The number of rotatable bonds is 1. The van der Waals surface area contributed by atoms with Crippen molar-refractivity contribution in [2.75, 3.05) is 14.1 Å². The second-order valence-corrected chi connectivity index (χ2v) is 2.10. The van der Waals surface area contributed by atoms with E-state index >= 15 is 0 Å². The maximum atomic E-state index is 3.90. The Kier molecular flexibility index (Phi) is 1.80. The van der Waals surface area contributed by atoms with Gasteiger partial charge in [0.2, 0.25) is 0 Å². The molecule has 1 rings (SSSR count). The predicted octanol–water partition coefficient (Wildman–Crippen LogP) is 1.11. The molecule has 2 heteroatoms. The molecule has 2 nitrogen and oxygen atoms in total. The molecule has 0 N–H and O–H groups in total. The number of anilines is 1. The lowest BCUT2D eigenvalue weighted by atomic mass is 10.4. The summed E-state index contributed by atoms with van der Waals surface area (Å²) < 4.78 is 0. The van der Waals surface area contributed by atoms with Crippen LogP contribution in [0.25, 0.3) is 0 Å². The summed E-state index contributed by atoms with van der Waals surface area (Å²) in [5.41, 5.74) is 1.19. The molecule has 0 fully saturated rings. The van der Waals surface area contributed by atoms with E-state index in [1.54, 1.807) is 12.4 Å². The van der Waals surface area contributed by atoms with E-state index in [2.05, 4.69) is 4.98 Å². The van der Waals surface area contributed by atoms with Crippen LogP contribution in [-0.4, -0.2) is 19.1 Å². The highest BCUT2D eigenvalue weighted by molar-refractivity contribution is 5.34. The van der Waals surface area contributed by atoms with Crippen molar-refractivity contribution in [2.45, 2.75) is 0 Å². The van der Waals surface area contributed by atoms with Crippen molar-refractivity contribution < 1.29 is 0 Å². The van der Waals surface area contributed by atoms with Gasteiger partial charge in [0, 0.05) is 24.5 Å². The van der Waals surface area contributed by atoms with E-state index in [0.29, 0.717) is 0 Å². The van der Waals surface area contributed by atoms with Gasteiger partial charge in [0.25, 0.3) is 0 Å². The second kappa shape index (κ2) is 2.60. The van der Waals surface area contributed by atoms with Crippen LogP contribution in [0.5, 0.6) is 0 Å². The molecule has 0 saturated heterocycles. The van der Waals surface area contributed by atoms with Gasteiger partial charge in [-0.1, -0.05) is 0 Å². The van der Waals surface area contributed by atoms with Crippen LogP contribution in [0.15, 0.2) is 24.5 Å². The Labute approximate surface area is 55.1 Å². The Morgan fingerprint density at radius 1 is 1.22 bits per heavy atom. The zero-order valence-electron chi connectivity index (χ0n) is 5.70. The van der Waals surface area contributed by atoms with E-state index in [9.17, 15) is 0 Å². The van der Waals surface area contributed by atoms with Crippen LogP contribution in [0.4, 0.5) is 5.69 Å². The maximum absolute atomic E-state index is 3.90. The van der Waals surface area contributed by atoms with Crippen LogP contribution in [-0.2, 0) is 0 Å². The summed E-state index contributed by atoms with van der Waals surface area (Å²) in [7, 11) is 4.02. The Balaban J connectivity index is 2.85. The molecule has 0 aliphatic carbocycles. The van der Waals surface area contributed by atoms with Gasteiger partial charge >= 0.3 is 0 Å². The highest BCUT2D eigenvalue weighted by atomic mass is 15.1. The van der Waals surface area contributed by atoms with E-state index in [-0.39, 0.29) is 0 Å². The highest BCUT2D eigenvalue weighted by Crippen LogP contribution is 2.05. The lowest BCUT2D eigenvalue weighted by Crippen LogP contribution is -2.09. The number of hydrogen-bond acceptors (Lipinski definition) is 2. The molecule has 1 heterocycles. The van der Waals surface area contributed by atoms with E-state index in [1.807, 2.05) is 31.1 Å². The summed E-state index contributed by atoms with van der Waals surface area (Å²) >= 11 is 0. The Morgan fingerprint density at radius 3 is 2.11 bits per heavy atom. The van der Waals surface area contributed by atoms with E-state index < -0.39 is 0 Å². The molecule has 1 aromatic heterocycles. The topological polar surface area (TPSA) is 18.8 Å². The van der Waals surface area contributed by atoms with Gasteiger partial charge < -0.3 is 0 Å². The first kappa shape index (κ1) is 6.23. The molecule has 0 unspecified atom stereocenters. The lowest BCUT2D eigenvalue weighted by Gasteiger charge is -1.95. The Bertz CT molecular complexity index is 170. The maximum Gasteiger partial charge on any atom is 0.183 e. The van der Waals surface area contributed by atoms with Crippen molar-refractivity contribution in [3.8, 4) is 0 Å². The predicted molar refractivity (Wildman–Crippen MR) is 37.9 cm³/mol. The quantitative estimate of drug-likeness (QED) is 0.510. The molecule has 47 valence electrons. The van der Waals surface area contributed by atoms with Crippen molar-refractivity contribution in [3.05, 3.63) is 24.5 Å². The smallest absolute Gasteiger partial charge is 0.183 e. The van der Waals surface area contributed by atoms with E-state index in [4.69, 9.17) is 0 Å². The fourth-order valence-corrected chi connectivity index (χ4v) is 0.642. The number of pyridine rings is 1. The molecular weight excluding hydrogens is 112 g/mol. The minimum absolute atomic E-state index is 1.19. The molecule has 0 saturated carbocycles. The van der Waals surface area contributed by atoms with Crippen molar-refractivity contribution in [1.29, 1.82) is 0 Å². The van der Waals surface area contributed by atoms with Gasteiger partial charge in [-0.2, -0.15) is 0 Å². The molecule has 0 spiro atoms. The summed E-state index contributed by atoms with van der Waals surface area (Å²) in [6.07, 6.45) is 3.57. The zero-order valence-corrected chi connectivity index (χ0v) is 5.70. The molecule has 0 amide bonds. The molecule has 0 aliphatic heterocycles. The first-order valence-electron chi connectivity index (χ1n) is 2.88. The first-order valence-corrected chi connectivity index (χ1v) is 2.88. The standard InChI is InChI=1S/C7H10N2/c1-9(2)7-3-5-8-6-4-7/h3-6H,1-2H3/q+1. The third kappa shape index (κ3) is 1.50. The molecule has 0 atom stereocenters. The minimum atomic E-state index is 1.19. The number of aromatic nitrogens is 1. The summed E-state index contributed by atoms with van der Waals surface area (Å²) in [4.78, 5) is 5.94. The van der Waals surface area contributed by atoms with Gasteiger partial charge in [0.1, 0.15) is 14.1 Å². The average Bonchev–Trinajstić information content (AvgIpc) is 1.90. The zero-order chi connectivity index (χ0) is 6.69. The molecule has 0 aromatic carbocycles. The number of nitrogens with zero attached hydrogens (tertiary/aromatic N) is 2. The Hall–Kier alpha value is -0.890. The third-order valence-corrected chi connectivity index (χ3v) is 1.18. The normalized spacial score (nSPS) is 10.1. The molecule has 0 aliphatic rings. The first-order chi connectivity index (χ1) is 4.30. The fourth-order valence-electron chi connectivity index (χ4n) is 0.642. The van der Waals surface area contributed by atoms with Crippen LogP contribution < -0.4 is 4.90 Å².